The van der Waals surface area contributed by atoms with E-state index < -0.39 is 15.9 Å². The van der Waals surface area contributed by atoms with Gasteiger partial charge in [0.25, 0.3) is 15.9 Å². The van der Waals surface area contributed by atoms with Crippen molar-refractivity contribution in [2.75, 3.05) is 37.3 Å². The van der Waals surface area contributed by atoms with E-state index in [-0.39, 0.29) is 22.9 Å². The lowest BCUT2D eigenvalue weighted by atomic mass is 10.2. The van der Waals surface area contributed by atoms with Crippen LogP contribution in [0.15, 0.2) is 77.7 Å². The van der Waals surface area contributed by atoms with Crippen LogP contribution >= 0.6 is 0 Å². The molecule has 0 aliphatic rings. The Morgan fingerprint density at radius 2 is 1.60 bits per heavy atom. The Kier molecular flexibility index (Phi) is 8.32. The average molecular weight is 498 g/mol. The zero-order valence-electron chi connectivity index (χ0n) is 19.6. The first-order chi connectivity index (χ1) is 16.7. The molecular formula is C25H27N3O6S. The summed E-state index contributed by atoms with van der Waals surface area (Å²) in [7, 11) is -0.831. The van der Waals surface area contributed by atoms with Gasteiger partial charge >= 0.3 is 0 Å². The lowest BCUT2D eigenvalue weighted by Gasteiger charge is -2.17. The van der Waals surface area contributed by atoms with Crippen LogP contribution in [0.4, 0.5) is 11.4 Å². The second-order valence-electron chi connectivity index (χ2n) is 7.53. The van der Waals surface area contributed by atoms with E-state index >= 15 is 0 Å². The molecule has 0 atom stereocenters. The molecule has 0 radical (unpaired) electrons. The van der Waals surface area contributed by atoms with Crippen LogP contribution in [-0.2, 0) is 14.8 Å². The maximum atomic E-state index is 12.7. The lowest BCUT2D eigenvalue weighted by molar-refractivity contribution is -0.116. The second-order valence-corrected chi connectivity index (χ2v) is 9.21. The summed E-state index contributed by atoms with van der Waals surface area (Å²) >= 11 is 0. The minimum absolute atomic E-state index is 0.00126. The van der Waals surface area contributed by atoms with Crippen LogP contribution in [0.5, 0.6) is 11.5 Å². The maximum Gasteiger partial charge on any atom is 0.261 e. The molecule has 0 unspecified atom stereocenters. The molecule has 0 aliphatic heterocycles. The topological polar surface area (TPSA) is 114 Å². The molecule has 35 heavy (non-hydrogen) atoms. The summed E-state index contributed by atoms with van der Waals surface area (Å²) in [5.74, 6) is 0.431. The number of hydrogen-bond acceptors (Lipinski definition) is 6. The molecule has 2 N–H and O–H groups in total. The van der Waals surface area contributed by atoms with Crippen molar-refractivity contribution in [3.05, 3.63) is 78.4 Å². The molecule has 0 bridgehead atoms. The van der Waals surface area contributed by atoms with Gasteiger partial charge in [-0.1, -0.05) is 6.07 Å². The number of nitrogens with one attached hydrogen (secondary N) is 2. The smallest absolute Gasteiger partial charge is 0.261 e. The van der Waals surface area contributed by atoms with Gasteiger partial charge in [0, 0.05) is 30.1 Å². The number of hydrogen-bond donors (Lipinski definition) is 2. The molecule has 3 rings (SSSR count). The highest BCUT2D eigenvalue weighted by Crippen LogP contribution is 2.20. The number of likely N-dealkylation sites (N-methyl/N-ethyl adjacent to an activating group) is 1. The van der Waals surface area contributed by atoms with Gasteiger partial charge in [-0.2, -0.15) is 0 Å². The average Bonchev–Trinajstić information content (AvgIpc) is 2.85. The van der Waals surface area contributed by atoms with E-state index in [0.717, 1.165) is 0 Å². The van der Waals surface area contributed by atoms with Crippen molar-refractivity contribution in [2.24, 2.45) is 0 Å². The normalized spacial score (nSPS) is 10.8. The van der Waals surface area contributed by atoms with Crippen molar-refractivity contribution in [1.82, 2.24) is 4.90 Å². The van der Waals surface area contributed by atoms with E-state index in [4.69, 9.17) is 9.47 Å². The SMILES string of the molecule is CCOc1ccc(NS(=O)(=O)c2ccc(C(=O)N(C)CC(=O)Nc3cccc(OC)c3)cc2)cc1. The molecule has 0 spiro atoms. The molecule has 0 saturated carbocycles. The van der Waals surface area contributed by atoms with Gasteiger partial charge in [0.1, 0.15) is 11.5 Å². The van der Waals surface area contributed by atoms with E-state index in [0.29, 0.717) is 29.5 Å². The summed E-state index contributed by atoms with van der Waals surface area (Å²) in [6.45, 7) is 2.19. The van der Waals surface area contributed by atoms with Gasteiger partial charge < -0.3 is 19.7 Å². The Bertz CT molecular complexity index is 1280. The molecule has 3 aromatic carbocycles. The summed E-state index contributed by atoms with van der Waals surface area (Å²) in [5, 5.41) is 2.71. The summed E-state index contributed by atoms with van der Waals surface area (Å²) in [5.41, 5.74) is 1.18. The van der Waals surface area contributed by atoms with Crippen LogP contribution in [0.3, 0.4) is 0 Å². The van der Waals surface area contributed by atoms with Crippen LogP contribution in [0.2, 0.25) is 0 Å². The summed E-state index contributed by atoms with van der Waals surface area (Å²) in [4.78, 5) is 26.3. The Hall–Kier alpha value is -4.05. The molecular weight excluding hydrogens is 470 g/mol. The fraction of sp³-hybridized carbons (Fsp3) is 0.200. The quantitative estimate of drug-likeness (QED) is 0.442. The van der Waals surface area contributed by atoms with E-state index in [2.05, 4.69) is 10.0 Å². The maximum absolute atomic E-state index is 12.7. The minimum atomic E-state index is -3.85. The van der Waals surface area contributed by atoms with Crippen LogP contribution in [0, 0.1) is 0 Å². The first-order valence-electron chi connectivity index (χ1n) is 10.8. The lowest BCUT2D eigenvalue weighted by Crippen LogP contribution is -2.34. The van der Waals surface area contributed by atoms with Crippen LogP contribution < -0.4 is 19.5 Å². The van der Waals surface area contributed by atoms with Gasteiger partial charge in [0.15, 0.2) is 0 Å². The number of carbonyl (C=O) groups is 2. The standard InChI is InChI=1S/C25H27N3O6S/c1-4-34-21-12-10-19(11-13-21)27-35(31,32)23-14-8-18(9-15-23)25(30)28(2)17-24(29)26-20-6-5-7-22(16-20)33-3/h5-16,27H,4,17H2,1-3H3,(H,26,29). The minimum Gasteiger partial charge on any atom is -0.497 e. The Morgan fingerprint density at radius 3 is 2.23 bits per heavy atom. The molecule has 0 heterocycles. The molecule has 0 saturated heterocycles. The van der Waals surface area contributed by atoms with Crippen molar-refractivity contribution in [1.29, 1.82) is 0 Å². The van der Waals surface area contributed by atoms with E-state index in [1.807, 2.05) is 6.92 Å². The Labute approximate surface area is 204 Å². The Balaban J connectivity index is 1.61. The van der Waals surface area contributed by atoms with Gasteiger partial charge in [0.2, 0.25) is 5.91 Å². The molecule has 0 aromatic heterocycles. The summed E-state index contributed by atoms with van der Waals surface area (Å²) < 4.78 is 38.4. The first-order valence-corrected chi connectivity index (χ1v) is 12.2. The first kappa shape index (κ1) is 25.6. The number of benzene rings is 3. The van der Waals surface area contributed by atoms with Crippen molar-refractivity contribution < 1.29 is 27.5 Å². The number of anilines is 2. The highest BCUT2D eigenvalue weighted by Gasteiger charge is 2.18. The third-order valence-corrected chi connectivity index (χ3v) is 6.31. The van der Waals surface area contributed by atoms with Gasteiger partial charge in [-0.25, -0.2) is 8.42 Å². The zero-order chi connectivity index (χ0) is 25.4. The van der Waals surface area contributed by atoms with Gasteiger partial charge in [0.05, 0.1) is 25.2 Å². The number of amides is 2. The molecule has 10 heteroatoms. The Morgan fingerprint density at radius 1 is 0.914 bits per heavy atom. The molecule has 184 valence electrons. The fourth-order valence-corrected chi connectivity index (χ4v) is 4.24. The van der Waals surface area contributed by atoms with Crippen LogP contribution in [0.1, 0.15) is 17.3 Å². The summed E-state index contributed by atoms with van der Waals surface area (Å²) in [6, 6.07) is 18.9. The highest BCUT2D eigenvalue weighted by atomic mass is 32.2. The van der Waals surface area contributed by atoms with Crippen molar-refractivity contribution in [3.8, 4) is 11.5 Å². The number of nitrogens with zero attached hydrogens (tertiary/aromatic N) is 1. The van der Waals surface area contributed by atoms with Crippen molar-refractivity contribution >= 4 is 33.2 Å². The zero-order valence-corrected chi connectivity index (χ0v) is 20.5. The van der Waals surface area contributed by atoms with Crippen molar-refractivity contribution in [3.63, 3.8) is 0 Å². The van der Waals surface area contributed by atoms with Crippen molar-refractivity contribution in [2.45, 2.75) is 11.8 Å². The van der Waals surface area contributed by atoms with Gasteiger partial charge in [-0.15, -0.1) is 0 Å². The van der Waals surface area contributed by atoms with E-state index in [1.165, 1.54) is 43.3 Å². The van der Waals surface area contributed by atoms with Gasteiger partial charge in [-0.05, 0) is 67.6 Å². The predicted octanol–water partition coefficient (Wildman–Crippen LogP) is 3.61. The van der Waals surface area contributed by atoms with E-state index in [9.17, 15) is 18.0 Å². The third kappa shape index (κ3) is 6.97. The van der Waals surface area contributed by atoms with Crippen LogP contribution in [0.25, 0.3) is 0 Å². The highest BCUT2D eigenvalue weighted by molar-refractivity contribution is 7.92. The largest absolute Gasteiger partial charge is 0.497 e. The van der Waals surface area contributed by atoms with Gasteiger partial charge in [-0.3, -0.25) is 14.3 Å². The summed E-state index contributed by atoms with van der Waals surface area (Å²) in [6.07, 6.45) is 0. The predicted molar refractivity (Wildman–Crippen MR) is 133 cm³/mol. The molecule has 3 aromatic rings. The molecule has 2 amide bonds. The third-order valence-electron chi connectivity index (χ3n) is 4.91. The number of carbonyl (C=O) groups excluding carboxylic acids is 2. The second kappa shape index (κ2) is 11.4. The molecule has 9 nitrogen and oxygen atoms in total. The molecule has 0 aliphatic carbocycles. The number of rotatable bonds is 10. The van der Waals surface area contributed by atoms with E-state index in [1.54, 1.807) is 48.5 Å². The molecule has 0 fully saturated rings. The number of methoxy groups -OCH3 is 1. The number of ether oxygens (including phenoxy) is 2. The number of sulfonamides is 1. The van der Waals surface area contributed by atoms with Crippen LogP contribution in [-0.4, -0.2) is 52.4 Å². The monoisotopic (exact) mass is 497 g/mol. The fourth-order valence-electron chi connectivity index (χ4n) is 3.19.